The molecule has 2 aromatic carbocycles. The maximum atomic E-state index is 14.9. The van der Waals surface area contributed by atoms with E-state index in [4.69, 9.17) is 9.47 Å². The number of nitrogens with one attached hydrogen (secondary N) is 1. The molecule has 0 radical (unpaired) electrons. The molecule has 2 aliphatic heterocycles. The van der Waals surface area contributed by atoms with Gasteiger partial charge in [-0.2, -0.15) is 0 Å². The quantitative estimate of drug-likeness (QED) is 0.316. The van der Waals surface area contributed by atoms with Crippen molar-refractivity contribution in [3.8, 4) is 11.5 Å². The van der Waals surface area contributed by atoms with Crippen molar-refractivity contribution in [2.24, 2.45) is 0 Å². The van der Waals surface area contributed by atoms with Gasteiger partial charge in [0, 0.05) is 36.4 Å². The molecule has 212 valence electrons. The largest absolute Gasteiger partial charge is 0.453 e. The van der Waals surface area contributed by atoms with Gasteiger partial charge in [0.2, 0.25) is 6.79 Å². The zero-order valence-corrected chi connectivity index (χ0v) is 22.7. The number of hydrogen-bond donors (Lipinski definition) is 1. The van der Waals surface area contributed by atoms with Crippen molar-refractivity contribution >= 4 is 35.1 Å². The number of amides is 1. The molecule has 1 saturated heterocycles. The second kappa shape index (κ2) is 9.61. The fourth-order valence-electron chi connectivity index (χ4n) is 5.34. The summed E-state index contributed by atoms with van der Waals surface area (Å²) in [5.74, 6) is -0.285. The molecular formula is C27H27F4N4O4P. The number of halogens is 4. The number of rotatable bonds is 6. The Hall–Kier alpha value is -3.40. The van der Waals surface area contributed by atoms with Crippen molar-refractivity contribution in [1.82, 2.24) is 14.9 Å². The van der Waals surface area contributed by atoms with E-state index in [2.05, 4.69) is 15.3 Å². The molecule has 2 fully saturated rings. The molecule has 3 aliphatic rings. The molecule has 13 heteroatoms. The third kappa shape index (κ3) is 4.46. The average Bonchev–Trinajstić information content (AvgIpc) is 3.47. The number of hydrogen-bond acceptors (Lipinski definition) is 7. The van der Waals surface area contributed by atoms with Crippen LogP contribution in [0.3, 0.4) is 0 Å². The van der Waals surface area contributed by atoms with E-state index in [9.17, 15) is 26.9 Å². The molecule has 0 spiro atoms. The Labute approximate surface area is 227 Å². The summed E-state index contributed by atoms with van der Waals surface area (Å²) in [5.41, 5.74) is -2.05. The lowest BCUT2D eigenvalue weighted by atomic mass is 10.0. The Morgan fingerprint density at radius 3 is 2.48 bits per heavy atom. The Morgan fingerprint density at radius 2 is 1.80 bits per heavy atom. The number of aromatic nitrogens is 2. The van der Waals surface area contributed by atoms with Gasteiger partial charge in [0.05, 0.1) is 16.9 Å². The van der Waals surface area contributed by atoms with E-state index < -0.39 is 42.6 Å². The highest BCUT2D eigenvalue weighted by molar-refractivity contribution is 7.72. The Kier molecular flexibility index (Phi) is 6.44. The Balaban J connectivity index is 1.38. The lowest BCUT2D eigenvalue weighted by molar-refractivity contribution is -0.137. The van der Waals surface area contributed by atoms with Gasteiger partial charge in [0.15, 0.2) is 17.2 Å². The van der Waals surface area contributed by atoms with Crippen molar-refractivity contribution in [2.45, 2.75) is 44.8 Å². The molecule has 3 heterocycles. The van der Waals surface area contributed by atoms with Crippen LogP contribution in [0.2, 0.25) is 0 Å². The van der Waals surface area contributed by atoms with E-state index in [0.29, 0.717) is 33.5 Å². The molecule has 40 heavy (non-hydrogen) atoms. The number of alkyl halides is 3. The van der Waals surface area contributed by atoms with Crippen molar-refractivity contribution in [3.05, 3.63) is 47.0 Å². The normalized spacial score (nSPS) is 19.6. The summed E-state index contributed by atoms with van der Waals surface area (Å²) in [6.45, 7) is 3.49. The summed E-state index contributed by atoms with van der Waals surface area (Å²) in [4.78, 5) is 22.9. The van der Waals surface area contributed by atoms with Gasteiger partial charge in [0.1, 0.15) is 30.1 Å². The van der Waals surface area contributed by atoms with Gasteiger partial charge in [0.25, 0.3) is 12.3 Å². The number of nitrogens with zero attached hydrogens (tertiary/aromatic N) is 3. The first-order valence-corrected chi connectivity index (χ1v) is 15.1. The van der Waals surface area contributed by atoms with Gasteiger partial charge in [-0.1, -0.05) is 18.2 Å². The van der Waals surface area contributed by atoms with E-state index in [1.165, 1.54) is 17.0 Å². The van der Waals surface area contributed by atoms with Crippen LogP contribution in [-0.4, -0.2) is 58.7 Å². The minimum Gasteiger partial charge on any atom is -0.453 e. The molecular weight excluding hydrogens is 551 g/mol. The standard InChI is InChI=1S/C27H27F4N4O4P/c1-14(16-4-3-5-17(20(16)28)24(29)30)32-25-18-12-19(22-23(39-13-38-22)21(18)33-15(2)34-25)40(37)10-8-35(9-11-40)26(36)27(31)6-7-27/h3-5,12,14,24H,6-11,13H2,1-2H3,(H,32,33,34)/t14-/m1/s1. The van der Waals surface area contributed by atoms with Crippen molar-refractivity contribution in [2.75, 3.05) is 37.5 Å². The fourth-order valence-corrected chi connectivity index (χ4v) is 8.08. The van der Waals surface area contributed by atoms with Crippen LogP contribution in [0.4, 0.5) is 23.4 Å². The molecule has 1 saturated carbocycles. The number of benzene rings is 2. The van der Waals surface area contributed by atoms with E-state index in [0.717, 1.165) is 6.07 Å². The minimum atomic E-state index is -3.12. The lowest BCUT2D eigenvalue weighted by Crippen LogP contribution is -2.45. The molecule has 1 N–H and O–H groups in total. The molecule has 1 amide bonds. The Morgan fingerprint density at radius 1 is 1.12 bits per heavy atom. The predicted octanol–water partition coefficient (Wildman–Crippen LogP) is 5.25. The van der Waals surface area contributed by atoms with E-state index in [1.807, 2.05) is 0 Å². The third-order valence-corrected chi connectivity index (χ3v) is 10.8. The van der Waals surface area contributed by atoms with Crippen LogP contribution < -0.4 is 20.1 Å². The van der Waals surface area contributed by atoms with E-state index in [-0.39, 0.29) is 56.4 Å². The van der Waals surface area contributed by atoms with Gasteiger partial charge in [-0.25, -0.2) is 27.5 Å². The molecule has 0 unspecified atom stereocenters. The number of aryl methyl sites for hydroxylation is 1. The second-order valence-electron chi connectivity index (χ2n) is 10.5. The molecule has 1 atom stereocenters. The minimum absolute atomic E-state index is 0.0364. The van der Waals surface area contributed by atoms with Crippen LogP contribution >= 0.6 is 7.14 Å². The van der Waals surface area contributed by atoms with Gasteiger partial charge in [-0.15, -0.1) is 0 Å². The third-order valence-electron chi connectivity index (χ3n) is 7.77. The summed E-state index contributed by atoms with van der Waals surface area (Å²) in [7, 11) is -3.12. The predicted molar refractivity (Wildman–Crippen MR) is 140 cm³/mol. The molecule has 1 aromatic heterocycles. The van der Waals surface area contributed by atoms with Crippen LogP contribution in [0, 0.1) is 12.7 Å². The number of carbonyl (C=O) groups excluding carboxylic acids is 1. The highest BCUT2D eigenvalue weighted by Crippen LogP contribution is 2.54. The fraction of sp³-hybridized carbons (Fsp3) is 0.444. The smallest absolute Gasteiger partial charge is 0.266 e. The zero-order valence-electron chi connectivity index (χ0n) is 21.8. The first-order chi connectivity index (χ1) is 19.0. The van der Waals surface area contributed by atoms with Crippen LogP contribution in [0.5, 0.6) is 11.5 Å². The monoisotopic (exact) mass is 578 g/mol. The molecule has 8 nitrogen and oxygen atoms in total. The number of anilines is 1. The summed E-state index contributed by atoms with van der Waals surface area (Å²) < 4.78 is 81.6. The SMILES string of the molecule is Cc1nc(N[C@H](C)c2cccc(C(F)F)c2F)c2cc(P3(=O)CCN(C(=O)C4(F)CC4)CC3)c3c(c2n1)OCO3. The van der Waals surface area contributed by atoms with Crippen LogP contribution in [0.1, 0.15) is 49.2 Å². The summed E-state index contributed by atoms with van der Waals surface area (Å²) in [5, 5.41) is 3.97. The van der Waals surface area contributed by atoms with E-state index >= 15 is 0 Å². The number of carbonyl (C=O) groups is 1. The highest BCUT2D eigenvalue weighted by Gasteiger charge is 2.53. The average molecular weight is 579 g/mol. The summed E-state index contributed by atoms with van der Waals surface area (Å²) in [6.07, 6.45) is -2.24. The van der Waals surface area contributed by atoms with Crippen LogP contribution in [0.25, 0.3) is 10.9 Å². The first kappa shape index (κ1) is 26.8. The Bertz CT molecular complexity index is 1570. The zero-order chi connectivity index (χ0) is 28.4. The maximum Gasteiger partial charge on any atom is 0.266 e. The number of ether oxygens (including phenoxy) is 2. The molecule has 1 aliphatic carbocycles. The van der Waals surface area contributed by atoms with Crippen LogP contribution in [-0.2, 0) is 9.36 Å². The summed E-state index contributed by atoms with van der Waals surface area (Å²) >= 11 is 0. The molecule has 6 rings (SSSR count). The van der Waals surface area contributed by atoms with Gasteiger partial charge >= 0.3 is 0 Å². The number of fused-ring (bicyclic) bond motifs is 3. The molecule has 3 aromatic rings. The van der Waals surface area contributed by atoms with E-state index in [1.54, 1.807) is 19.9 Å². The highest BCUT2D eigenvalue weighted by atomic mass is 31.2. The lowest BCUT2D eigenvalue weighted by Gasteiger charge is -2.33. The van der Waals surface area contributed by atoms with Gasteiger partial charge in [-0.05, 0) is 32.8 Å². The topological polar surface area (TPSA) is 93.7 Å². The molecule has 0 bridgehead atoms. The van der Waals surface area contributed by atoms with Gasteiger partial charge in [-0.3, -0.25) is 4.79 Å². The van der Waals surface area contributed by atoms with Crippen LogP contribution in [0.15, 0.2) is 24.3 Å². The maximum absolute atomic E-state index is 14.9. The van der Waals surface area contributed by atoms with Gasteiger partial charge < -0.3 is 24.3 Å². The first-order valence-electron chi connectivity index (χ1n) is 13.0. The van der Waals surface area contributed by atoms with Crippen molar-refractivity contribution < 1.29 is 36.4 Å². The van der Waals surface area contributed by atoms with Crippen molar-refractivity contribution in [1.29, 1.82) is 0 Å². The van der Waals surface area contributed by atoms with Crippen molar-refractivity contribution in [3.63, 3.8) is 0 Å². The summed E-state index contributed by atoms with van der Waals surface area (Å²) in [6, 6.07) is 4.74. The second-order valence-corrected chi connectivity index (χ2v) is 13.6.